The van der Waals surface area contributed by atoms with Gasteiger partial charge in [-0.25, -0.2) is 0 Å². The number of hydrogen-bond donors (Lipinski definition) is 4. The maximum absolute atomic E-state index is 13.0. The van der Waals surface area contributed by atoms with E-state index >= 15 is 0 Å². The number of aromatic hydroxyl groups is 1. The van der Waals surface area contributed by atoms with Crippen molar-refractivity contribution in [2.24, 2.45) is 23.5 Å². The van der Waals surface area contributed by atoms with Crippen LogP contribution in [0.4, 0.5) is 0 Å². The van der Waals surface area contributed by atoms with Gasteiger partial charge in [-0.3, -0.25) is 14.4 Å². The van der Waals surface area contributed by atoms with E-state index in [0.29, 0.717) is 18.4 Å². The molecule has 1 aromatic carbocycles. The van der Waals surface area contributed by atoms with Gasteiger partial charge in [0, 0.05) is 17.7 Å². The summed E-state index contributed by atoms with van der Waals surface area (Å²) in [5, 5.41) is 31.1. The second-order valence-electron chi connectivity index (χ2n) is 6.97. The number of phenolic OH excluding ortho intramolecular Hbond substituents is 1. The van der Waals surface area contributed by atoms with Crippen LogP contribution >= 0.6 is 0 Å². The van der Waals surface area contributed by atoms with Crippen LogP contribution in [0.15, 0.2) is 29.0 Å². The summed E-state index contributed by atoms with van der Waals surface area (Å²) in [4.78, 5) is 36.7. The zero-order valence-electron chi connectivity index (χ0n) is 14.4. The van der Waals surface area contributed by atoms with Crippen molar-refractivity contribution < 1.29 is 29.7 Å². The molecule has 1 amide bonds. The summed E-state index contributed by atoms with van der Waals surface area (Å²) < 4.78 is 0. The number of hydrogen-bond acceptors (Lipinski definition) is 6. The molecule has 0 spiro atoms. The Kier molecular flexibility index (Phi) is 3.76. The van der Waals surface area contributed by atoms with Gasteiger partial charge in [0.05, 0.1) is 11.7 Å². The van der Waals surface area contributed by atoms with Gasteiger partial charge in [-0.05, 0) is 30.2 Å². The van der Waals surface area contributed by atoms with Crippen LogP contribution in [-0.2, 0) is 20.8 Å². The van der Waals surface area contributed by atoms with E-state index in [1.54, 1.807) is 0 Å². The van der Waals surface area contributed by atoms with Gasteiger partial charge in [-0.1, -0.05) is 0 Å². The third kappa shape index (κ3) is 2.27. The Morgan fingerprint density at radius 1 is 1.19 bits per heavy atom. The smallest absolute Gasteiger partial charge is 0.255 e. The summed E-state index contributed by atoms with van der Waals surface area (Å²) in [7, 11) is 0. The first kappa shape index (κ1) is 17.7. The van der Waals surface area contributed by atoms with E-state index in [9.17, 15) is 29.7 Å². The van der Waals surface area contributed by atoms with E-state index < -0.39 is 40.6 Å². The number of rotatable bonds is 1. The number of ketones is 2. The Bertz CT molecular complexity index is 948. The molecule has 3 aliphatic carbocycles. The number of nitrogens with two attached hydrogens (primary N) is 1. The fraction of sp³-hybridized carbons (Fsp3) is 0.316. The average molecular weight is 621 g/mol. The van der Waals surface area contributed by atoms with Crippen molar-refractivity contribution in [1.29, 1.82) is 0 Å². The standard InChI is InChI=1S/C19H16NO6.Rf/c20-19(26)15-11(22)6-9-5-8-4-7-2-1-3-10(21)12(7)16(23)13(8)17(24)14(9)18(15)25;/h1,3,8-9,14,21,23,25H,4-6H2,(H2,20,26);/q-1;. The van der Waals surface area contributed by atoms with E-state index in [1.807, 2.05) is 0 Å². The Hall–Kier alpha value is -4.09. The number of benzene rings is 1. The first-order valence-electron chi connectivity index (χ1n) is 8.27. The summed E-state index contributed by atoms with van der Waals surface area (Å²) in [5.74, 6) is -5.17. The topological polar surface area (TPSA) is 138 Å². The van der Waals surface area contributed by atoms with E-state index in [0.717, 1.165) is 0 Å². The summed E-state index contributed by atoms with van der Waals surface area (Å²) in [6.07, 6.45) is 0.722. The molecule has 1 fully saturated rings. The first-order chi connectivity index (χ1) is 12.3. The molecule has 4 rings (SSSR count). The Labute approximate surface area is 148 Å². The van der Waals surface area contributed by atoms with Crippen molar-refractivity contribution in [2.45, 2.75) is 19.3 Å². The third-order valence-electron chi connectivity index (χ3n) is 5.54. The Morgan fingerprint density at radius 3 is 2.56 bits per heavy atom. The molecule has 0 aromatic heterocycles. The minimum Gasteiger partial charge on any atom is -0.533 e. The number of phenols is 1. The summed E-state index contributed by atoms with van der Waals surface area (Å²) in [5.41, 5.74) is 5.51. The number of amides is 1. The van der Waals surface area contributed by atoms with E-state index in [1.165, 1.54) is 12.1 Å². The molecule has 3 unspecified atom stereocenters. The molecule has 7 nitrogen and oxygen atoms in total. The van der Waals surface area contributed by atoms with Crippen LogP contribution in [0.25, 0.3) is 5.76 Å². The predicted octanol–water partition coefficient (Wildman–Crippen LogP) is 1.11. The molecule has 27 heavy (non-hydrogen) atoms. The fourth-order valence-corrected chi connectivity index (χ4v) is 4.49. The molecule has 0 bridgehead atoms. The molecule has 1 aromatic rings. The molecule has 0 aliphatic heterocycles. The van der Waals surface area contributed by atoms with Gasteiger partial charge in [0.15, 0.2) is 11.6 Å². The molecule has 136 valence electrons. The number of carbonyl (C=O) groups excluding carboxylic acids is 3. The van der Waals surface area contributed by atoms with Crippen molar-refractivity contribution in [2.75, 3.05) is 0 Å². The van der Waals surface area contributed by atoms with Gasteiger partial charge in [0.2, 0.25) is 0 Å². The van der Waals surface area contributed by atoms with Crippen molar-refractivity contribution in [3.05, 3.63) is 46.2 Å². The first-order valence-corrected chi connectivity index (χ1v) is 8.27. The third-order valence-corrected chi connectivity index (χ3v) is 5.54. The molecule has 0 radical (unpaired) electrons. The predicted molar refractivity (Wildman–Crippen MR) is 88.8 cm³/mol. The zero-order valence-corrected chi connectivity index (χ0v) is 20.8. The van der Waals surface area contributed by atoms with Crippen molar-refractivity contribution >= 4 is 23.2 Å². The average Bonchev–Trinajstić information content (AvgIpc) is 2.53. The second-order valence-corrected chi connectivity index (χ2v) is 6.97. The molecular weight excluding hydrogens is 605 g/mol. The van der Waals surface area contributed by atoms with Crippen LogP contribution in [0.5, 0.6) is 5.75 Å². The van der Waals surface area contributed by atoms with E-state index in [4.69, 9.17) is 5.73 Å². The fourth-order valence-electron chi connectivity index (χ4n) is 4.49. The normalized spacial score (nSPS) is 26.7. The minimum absolute atomic E-state index is 0. The van der Waals surface area contributed by atoms with Crippen LogP contribution in [0.2, 0.25) is 0 Å². The zero-order chi connectivity index (χ0) is 18.7. The van der Waals surface area contributed by atoms with Crippen LogP contribution in [0, 0.1) is 23.8 Å². The van der Waals surface area contributed by atoms with Gasteiger partial charge < -0.3 is 21.1 Å². The monoisotopic (exact) mass is 621 g/mol. The molecule has 3 atom stereocenters. The minimum atomic E-state index is -1.08. The van der Waals surface area contributed by atoms with Gasteiger partial charge in [-0.2, -0.15) is 12.1 Å². The summed E-state index contributed by atoms with van der Waals surface area (Å²) >= 11 is 0. The molecular formula is C19H16NO6Rf-. The Morgan fingerprint density at radius 2 is 1.89 bits per heavy atom. The van der Waals surface area contributed by atoms with Gasteiger partial charge in [0.25, 0.3) is 5.91 Å². The largest absolute Gasteiger partial charge is 0.533 e. The molecule has 0 heterocycles. The second kappa shape index (κ2) is 5.72. The number of aliphatic hydroxyl groups is 2. The van der Waals surface area contributed by atoms with Gasteiger partial charge in [0.1, 0.15) is 11.3 Å². The molecule has 0 saturated heterocycles. The summed E-state index contributed by atoms with van der Waals surface area (Å²) in [6.45, 7) is 0. The number of carbonyl (C=O) groups is 3. The van der Waals surface area contributed by atoms with Crippen molar-refractivity contribution in [3.8, 4) is 5.75 Å². The van der Waals surface area contributed by atoms with Crippen molar-refractivity contribution in [1.82, 2.24) is 0 Å². The quantitative estimate of drug-likeness (QED) is 0.274. The maximum Gasteiger partial charge on any atom is 0.255 e. The SMILES string of the molecule is NC(=O)C1=C(O)C2C(=O)C3=C(O)c4c([c-]ccc4O)CC3CC2CC1=O.[Rf]. The molecule has 1 saturated carbocycles. The molecule has 5 N–H and O–H groups in total. The van der Waals surface area contributed by atoms with E-state index in [2.05, 4.69) is 6.07 Å². The van der Waals surface area contributed by atoms with Crippen LogP contribution in [0.1, 0.15) is 24.0 Å². The van der Waals surface area contributed by atoms with Gasteiger partial charge in [-0.15, -0.1) is 11.6 Å². The Balaban J connectivity index is 0.00000210. The number of Topliss-reactive ketones (excluding diaryl/α,β-unsaturated/α-hetero) is 2. The summed E-state index contributed by atoms with van der Waals surface area (Å²) in [6, 6.07) is 5.88. The van der Waals surface area contributed by atoms with Crippen molar-refractivity contribution in [3.63, 3.8) is 0 Å². The van der Waals surface area contributed by atoms with Crippen LogP contribution < -0.4 is 5.73 Å². The van der Waals surface area contributed by atoms with Crippen LogP contribution in [0.3, 0.4) is 0 Å². The number of primary amides is 1. The van der Waals surface area contributed by atoms with E-state index in [-0.39, 0.29) is 35.0 Å². The van der Waals surface area contributed by atoms with Gasteiger partial charge >= 0.3 is 0 Å². The number of allylic oxidation sites excluding steroid dienone is 2. The number of aliphatic hydroxyl groups excluding tert-OH is 2. The molecule has 3 aliphatic rings. The molecule has 8 heteroatoms. The van der Waals surface area contributed by atoms with Crippen LogP contribution in [-0.4, -0.2) is 32.8 Å². The number of fused-ring (bicyclic) bond motifs is 3. The maximum atomic E-state index is 13.0.